The second-order valence-corrected chi connectivity index (χ2v) is 8.65. The lowest BCUT2D eigenvalue weighted by Gasteiger charge is -2.08. The Kier molecular flexibility index (Phi) is 13.1. The van der Waals surface area contributed by atoms with Crippen molar-refractivity contribution in [2.24, 2.45) is 5.92 Å². The van der Waals surface area contributed by atoms with Crippen LogP contribution in [0.5, 0.6) is 0 Å². The number of hydrogen-bond donors (Lipinski definition) is 1. The quantitative estimate of drug-likeness (QED) is 0.222. The Morgan fingerprint density at radius 2 is 1.36 bits per heavy atom. The number of carboxylic acid groups (broad SMARTS) is 1. The van der Waals surface area contributed by atoms with E-state index in [0.717, 1.165) is 6.42 Å². The summed E-state index contributed by atoms with van der Waals surface area (Å²) >= 11 is 2.36. The molecular formula is C22H35IO2. The summed E-state index contributed by atoms with van der Waals surface area (Å²) in [6, 6.07) is 8.90. The van der Waals surface area contributed by atoms with E-state index in [2.05, 4.69) is 46.9 Å². The van der Waals surface area contributed by atoms with Crippen LogP contribution in [0.2, 0.25) is 0 Å². The molecule has 0 aliphatic heterocycles. The van der Waals surface area contributed by atoms with E-state index in [-0.39, 0.29) is 0 Å². The smallest absolute Gasteiger partial charge is 0.303 e. The van der Waals surface area contributed by atoms with E-state index in [1.807, 2.05) is 6.92 Å². The Bertz CT molecular complexity index is 456. The minimum atomic E-state index is -0.661. The van der Waals surface area contributed by atoms with E-state index in [0.29, 0.717) is 12.3 Å². The number of benzene rings is 1. The average Bonchev–Trinajstić information content (AvgIpc) is 2.57. The summed E-state index contributed by atoms with van der Waals surface area (Å²) in [6.45, 7) is 2.05. The second kappa shape index (κ2) is 14.6. The average molecular weight is 458 g/mol. The van der Waals surface area contributed by atoms with Gasteiger partial charge in [0.25, 0.3) is 0 Å². The normalized spacial score (nSPS) is 12.2. The SMILES string of the molecule is C[C@@H](CCCCCCCCCCCCc1ccc(I)cc1)CC(=O)O. The molecule has 0 heterocycles. The van der Waals surface area contributed by atoms with Crippen LogP contribution < -0.4 is 0 Å². The zero-order valence-electron chi connectivity index (χ0n) is 15.8. The van der Waals surface area contributed by atoms with Gasteiger partial charge >= 0.3 is 5.97 Å². The molecule has 25 heavy (non-hydrogen) atoms. The first-order valence-corrected chi connectivity index (χ1v) is 11.1. The summed E-state index contributed by atoms with van der Waals surface area (Å²) in [5.74, 6) is -0.331. The zero-order valence-corrected chi connectivity index (χ0v) is 18.0. The molecule has 0 amide bonds. The number of aliphatic carboxylic acids is 1. The Balaban J connectivity index is 1.81. The molecule has 0 saturated heterocycles. The van der Waals surface area contributed by atoms with Crippen molar-refractivity contribution < 1.29 is 9.90 Å². The van der Waals surface area contributed by atoms with Gasteiger partial charge in [0.2, 0.25) is 0 Å². The Morgan fingerprint density at radius 3 is 1.88 bits per heavy atom. The topological polar surface area (TPSA) is 37.3 Å². The molecule has 1 atom stereocenters. The number of aryl methyl sites for hydroxylation is 1. The highest BCUT2D eigenvalue weighted by Gasteiger charge is 2.06. The van der Waals surface area contributed by atoms with Gasteiger partial charge in [-0.05, 0) is 59.0 Å². The molecule has 0 aromatic heterocycles. The van der Waals surface area contributed by atoms with Crippen molar-refractivity contribution in [1.29, 1.82) is 0 Å². The van der Waals surface area contributed by atoms with Gasteiger partial charge in [0.05, 0.1) is 0 Å². The van der Waals surface area contributed by atoms with Gasteiger partial charge in [-0.3, -0.25) is 4.79 Å². The maximum absolute atomic E-state index is 10.6. The summed E-state index contributed by atoms with van der Waals surface area (Å²) in [5.41, 5.74) is 1.47. The fourth-order valence-electron chi connectivity index (χ4n) is 3.29. The zero-order chi connectivity index (χ0) is 18.3. The fraction of sp³-hybridized carbons (Fsp3) is 0.682. The van der Waals surface area contributed by atoms with Gasteiger partial charge in [0.15, 0.2) is 0 Å². The summed E-state index contributed by atoms with van der Waals surface area (Å²) in [7, 11) is 0. The first kappa shape index (κ1) is 22.5. The number of halogens is 1. The fourth-order valence-corrected chi connectivity index (χ4v) is 3.65. The van der Waals surface area contributed by atoms with Crippen LogP contribution in [0, 0.1) is 9.49 Å². The van der Waals surface area contributed by atoms with Crippen molar-refractivity contribution in [1.82, 2.24) is 0 Å². The predicted molar refractivity (Wildman–Crippen MR) is 115 cm³/mol. The van der Waals surface area contributed by atoms with Crippen molar-refractivity contribution >= 4 is 28.6 Å². The number of rotatable bonds is 15. The summed E-state index contributed by atoms with van der Waals surface area (Å²) < 4.78 is 1.32. The minimum Gasteiger partial charge on any atom is -0.481 e. The lowest BCUT2D eigenvalue weighted by atomic mass is 9.99. The van der Waals surface area contributed by atoms with Crippen LogP contribution in [0.15, 0.2) is 24.3 Å². The maximum atomic E-state index is 10.6. The first-order chi connectivity index (χ1) is 12.1. The number of unbranched alkanes of at least 4 members (excludes halogenated alkanes) is 9. The molecule has 0 fully saturated rings. The van der Waals surface area contributed by atoms with Crippen LogP contribution in [0.1, 0.15) is 89.5 Å². The lowest BCUT2D eigenvalue weighted by molar-refractivity contribution is -0.138. The van der Waals surface area contributed by atoms with Crippen molar-refractivity contribution in [3.63, 3.8) is 0 Å². The van der Waals surface area contributed by atoms with Crippen molar-refractivity contribution in [3.05, 3.63) is 33.4 Å². The minimum absolute atomic E-state index is 0.323. The van der Waals surface area contributed by atoms with Crippen molar-refractivity contribution in [2.45, 2.75) is 90.4 Å². The molecule has 1 aromatic carbocycles. The maximum Gasteiger partial charge on any atom is 0.303 e. The molecule has 0 saturated carbocycles. The first-order valence-electron chi connectivity index (χ1n) is 10.0. The van der Waals surface area contributed by atoms with E-state index in [1.165, 1.54) is 79.8 Å². The molecule has 0 unspecified atom stereocenters. The van der Waals surface area contributed by atoms with Gasteiger partial charge in [-0.25, -0.2) is 0 Å². The van der Waals surface area contributed by atoms with Crippen LogP contribution in [-0.4, -0.2) is 11.1 Å². The third-order valence-electron chi connectivity index (χ3n) is 4.85. The van der Waals surface area contributed by atoms with E-state index >= 15 is 0 Å². The predicted octanol–water partition coefficient (Wildman–Crippen LogP) is 7.24. The standard InChI is InChI=1S/C22H35IO2/c1-19(18-22(24)25)12-10-8-6-4-2-3-5-7-9-11-13-20-14-16-21(23)17-15-20/h14-17,19H,2-13,18H2,1H3,(H,24,25)/t19-/m0/s1. The highest BCUT2D eigenvalue weighted by atomic mass is 127. The molecule has 3 heteroatoms. The lowest BCUT2D eigenvalue weighted by Crippen LogP contribution is -2.03. The van der Waals surface area contributed by atoms with Crippen LogP contribution in [-0.2, 0) is 11.2 Å². The summed E-state index contributed by atoms with van der Waals surface area (Å²) in [4.78, 5) is 10.6. The van der Waals surface area contributed by atoms with Gasteiger partial charge in [-0.2, -0.15) is 0 Å². The van der Waals surface area contributed by atoms with Crippen LogP contribution in [0.3, 0.4) is 0 Å². The molecule has 0 spiro atoms. The van der Waals surface area contributed by atoms with Gasteiger partial charge in [-0.15, -0.1) is 0 Å². The number of hydrogen-bond acceptors (Lipinski definition) is 1. The second-order valence-electron chi connectivity index (χ2n) is 7.40. The molecule has 1 N–H and O–H groups in total. The van der Waals surface area contributed by atoms with Gasteiger partial charge in [0.1, 0.15) is 0 Å². The van der Waals surface area contributed by atoms with Crippen LogP contribution in [0.25, 0.3) is 0 Å². The largest absolute Gasteiger partial charge is 0.481 e. The molecule has 0 bridgehead atoms. The monoisotopic (exact) mass is 458 g/mol. The van der Waals surface area contributed by atoms with E-state index in [1.54, 1.807) is 0 Å². The summed E-state index contributed by atoms with van der Waals surface area (Å²) in [5, 5.41) is 8.73. The molecule has 0 aliphatic carbocycles. The van der Waals surface area contributed by atoms with Gasteiger partial charge < -0.3 is 5.11 Å². The van der Waals surface area contributed by atoms with Crippen molar-refractivity contribution in [2.75, 3.05) is 0 Å². The van der Waals surface area contributed by atoms with E-state index in [9.17, 15) is 4.79 Å². The molecule has 2 nitrogen and oxygen atoms in total. The van der Waals surface area contributed by atoms with Gasteiger partial charge in [-0.1, -0.05) is 83.3 Å². The molecule has 0 aliphatic rings. The van der Waals surface area contributed by atoms with E-state index < -0.39 is 5.97 Å². The van der Waals surface area contributed by atoms with E-state index in [4.69, 9.17) is 5.11 Å². The molecule has 142 valence electrons. The Morgan fingerprint density at radius 1 is 0.880 bits per heavy atom. The summed E-state index contributed by atoms with van der Waals surface area (Å²) in [6.07, 6.45) is 15.9. The van der Waals surface area contributed by atoms with Crippen LogP contribution >= 0.6 is 22.6 Å². The third kappa shape index (κ3) is 13.3. The molecular weight excluding hydrogens is 423 g/mol. The number of carboxylic acids is 1. The third-order valence-corrected chi connectivity index (χ3v) is 5.57. The highest BCUT2D eigenvalue weighted by molar-refractivity contribution is 14.1. The van der Waals surface area contributed by atoms with Crippen molar-refractivity contribution in [3.8, 4) is 0 Å². The molecule has 1 aromatic rings. The Labute approximate surface area is 167 Å². The highest BCUT2D eigenvalue weighted by Crippen LogP contribution is 2.16. The van der Waals surface area contributed by atoms with Gasteiger partial charge in [0, 0.05) is 9.99 Å². The molecule has 0 radical (unpaired) electrons. The number of carbonyl (C=O) groups is 1. The molecule has 1 rings (SSSR count). The Hall–Kier alpha value is -0.580. The van der Waals surface area contributed by atoms with Crippen LogP contribution in [0.4, 0.5) is 0 Å².